The Morgan fingerprint density at radius 1 is 1.60 bits per heavy atom. The van der Waals surface area contributed by atoms with Gasteiger partial charge in [0.1, 0.15) is 5.82 Å². The topological polar surface area (TPSA) is 46.5 Å². The van der Waals surface area contributed by atoms with Gasteiger partial charge in [-0.15, -0.1) is 11.8 Å². The Hall–Kier alpha value is -1.07. The molecular weight excluding hydrogens is 219 g/mol. The summed E-state index contributed by atoms with van der Waals surface area (Å²) in [6, 6.07) is 4.40. The van der Waals surface area contributed by atoms with Gasteiger partial charge in [0.25, 0.3) is 0 Å². The van der Waals surface area contributed by atoms with Crippen molar-refractivity contribution in [3.63, 3.8) is 0 Å². The van der Waals surface area contributed by atoms with Gasteiger partial charge in [-0.25, -0.2) is 4.39 Å². The summed E-state index contributed by atoms with van der Waals surface area (Å²) in [6.07, 6.45) is 0. The molecule has 1 aromatic rings. The molecule has 0 heterocycles. The van der Waals surface area contributed by atoms with Crippen LogP contribution in [0, 0.1) is 5.82 Å². The van der Waals surface area contributed by atoms with Gasteiger partial charge in [0.05, 0.1) is 19.5 Å². The van der Waals surface area contributed by atoms with E-state index in [2.05, 4.69) is 4.74 Å². The molecule has 0 spiro atoms. The number of halogens is 1. The highest BCUT2D eigenvalue weighted by Crippen LogP contribution is 2.22. The summed E-state index contributed by atoms with van der Waals surface area (Å²) in [5.41, 5.74) is 0.509. The Morgan fingerprint density at radius 3 is 2.87 bits per heavy atom. The van der Waals surface area contributed by atoms with Gasteiger partial charge in [-0.1, -0.05) is 6.07 Å². The zero-order valence-electron chi connectivity index (χ0n) is 8.20. The second-order valence-corrected chi connectivity index (χ2v) is 3.80. The first-order valence-corrected chi connectivity index (χ1v) is 5.25. The van der Waals surface area contributed by atoms with Gasteiger partial charge in [-0.05, 0) is 17.7 Å². The number of aliphatic hydroxyl groups excluding tert-OH is 1. The Balaban J connectivity index is 2.66. The van der Waals surface area contributed by atoms with E-state index in [1.54, 1.807) is 6.07 Å². The molecule has 5 heteroatoms. The molecular formula is C10H11FO3S. The Labute approximate surface area is 91.2 Å². The van der Waals surface area contributed by atoms with Crippen molar-refractivity contribution in [2.75, 3.05) is 12.9 Å². The quantitative estimate of drug-likeness (QED) is 0.630. The molecule has 0 unspecified atom stereocenters. The summed E-state index contributed by atoms with van der Waals surface area (Å²) in [5.74, 6) is -0.757. The zero-order valence-corrected chi connectivity index (χ0v) is 9.01. The lowest BCUT2D eigenvalue weighted by Crippen LogP contribution is -2.03. The summed E-state index contributed by atoms with van der Waals surface area (Å²) in [4.78, 5) is 11.2. The SMILES string of the molecule is COC(=O)CSc1ccc(CO)cc1F. The second-order valence-electron chi connectivity index (χ2n) is 2.79. The third-order valence-corrected chi connectivity index (χ3v) is 2.77. The largest absolute Gasteiger partial charge is 0.468 e. The van der Waals surface area contributed by atoms with Crippen molar-refractivity contribution in [3.8, 4) is 0 Å². The predicted molar refractivity (Wildman–Crippen MR) is 55.1 cm³/mol. The lowest BCUT2D eigenvalue weighted by atomic mass is 10.2. The Morgan fingerprint density at radius 2 is 2.33 bits per heavy atom. The van der Waals surface area contributed by atoms with Crippen LogP contribution in [-0.2, 0) is 16.1 Å². The number of carbonyl (C=O) groups excluding carboxylic acids is 1. The summed E-state index contributed by atoms with van der Waals surface area (Å²) < 4.78 is 17.7. The monoisotopic (exact) mass is 230 g/mol. The van der Waals surface area contributed by atoms with Crippen LogP contribution >= 0.6 is 11.8 Å². The number of hydrogen-bond acceptors (Lipinski definition) is 4. The van der Waals surface area contributed by atoms with E-state index < -0.39 is 11.8 Å². The van der Waals surface area contributed by atoms with Gasteiger partial charge in [0.2, 0.25) is 0 Å². The molecule has 1 N–H and O–H groups in total. The van der Waals surface area contributed by atoms with E-state index in [0.29, 0.717) is 10.5 Å². The molecule has 0 radical (unpaired) electrons. The minimum atomic E-state index is -0.435. The van der Waals surface area contributed by atoms with Crippen LogP contribution in [0.4, 0.5) is 4.39 Å². The number of benzene rings is 1. The van der Waals surface area contributed by atoms with E-state index in [4.69, 9.17) is 5.11 Å². The minimum Gasteiger partial charge on any atom is -0.468 e. The third kappa shape index (κ3) is 3.53. The smallest absolute Gasteiger partial charge is 0.315 e. The van der Waals surface area contributed by atoms with Gasteiger partial charge < -0.3 is 9.84 Å². The fraction of sp³-hybridized carbons (Fsp3) is 0.300. The number of esters is 1. The Kier molecular flexibility index (Phi) is 4.58. The lowest BCUT2D eigenvalue weighted by molar-refractivity contribution is -0.137. The molecule has 0 aliphatic heterocycles. The van der Waals surface area contributed by atoms with Crippen LogP contribution in [-0.4, -0.2) is 23.9 Å². The van der Waals surface area contributed by atoms with Gasteiger partial charge >= 0.3 is 5.97 Å². The first-order valence-electron chi connectivity index (χ1n) is 4.26. The zero-order chi connectivity index (χ0) is 11.3. The maximum absolute atomic E-state index is 13.3. The fourth-order valence-corrected chi connectivity index (χ4v) is 1.71. The summed E-state index contributed by atoms with van der Waals surface area (Å²) >= 11 is 1.07. The number of rotatable bonds is 4. The van der Waals surface area contributed by atoms with Gasteiger partial charge in [-0.3, -0.25) is 4.79 Å². The molecule has 0 amide bonds. The van der Waals surface area contributed by atoms with Crippen LogP contribution in [0.25, 0.3) is 0 Å². The van der Waals surface area contributed by atoms with Gasteiger partial charge in [0.15, 0.2) is 0 Å². The van der Waals surface area contributed by atoms with Crippen LogP contribution in [0.2, 0.25) is 0 Å². The molecule has 1 aromatic carbocycles. The van der Waals surface area contributed by atoms with E-state index >= 15 is 0 Å². The number of thioether (sulfide) groups is 1. The number of ether oxygens (including phenoxy) is 1. The van der Waals surface area contributed by atoms with Crippen molar-refractivity contribution in [1.82, 2.24) is 0 Å². The van der Waals surface area contributed by atoms with Crippen LogP contribution in [0.1, 0.15) is 5.56 Å². The molecule has 0 aliphatic carbocycles. The first kappa shape index (κ1) is 12.0. The lowest BCUT2D eigenvalue weighted by Gasteiger charge is -2.03. The normalized spacial score (nSPS) is 10.1. The fourth-order valence-electron chi connectivity index (χ4n) is 0.955. The molecule has 15 heavy (non-hydrogen) atoms. The molecule has 0 atom stereocenters. The van der Waals surface area contributed by atoms with Crippen LogP contribution < -0.4 is 0 Å². The van der Waals surface area contributed by atoms with Crippen molar-refractivity contribution >= 4 is 17.7 Å². The summed E-state index contributed by atoms with van der Waals surface area (Å²) in [6.45, 7) is -0.196. The molecule has 0 saturated heterocycles. The molecule has 0 aliphatic rings. The maximum Gasteiger partial charge on any atom is 0.315 e. The standard InChI is InChI=1S/C10H11FO3S/c1-14-10(13)6-15-9-3-2-7(5-12)4-8(9)11/h2-4,12H,5-6H2,1H3. The number of methoxy groups -OCH3 is 1. The highest BCUT2D eigenvalue weighted by molar-refractivity contribution is 8.00. The van der Waals surface area contributed by atoms with Crippen molar-refractivity contribution in [1.29, 1.82) is 0 Å². The first-order chi connectivity index (χ1) is 7.17. The average Bonchev–Trinajstić information content (AvgIpc) is 2.26. The molecule has 82 valence electrons. The molecule has 0 saturated carbocycles. The predicted octanol–water partition coefficient (Wildman–Crippen LogP) is 1.58. The average molecular weight is 230 g/mol. The van der Waals surface area contributed by atoms with E-state index in [-0.39, 0.29) is 12.4 Å². The van der Waals surface area contributed by atoms with E-state index in [1.807, 2.05) is 0 Å². The Bertz CT molecular complexity index is 355. The summed E-state index contributed by atoms with van der Waals surface area (Å²) in [7, 11) is 1.29. The van der Waals surface area contributed by atoms with Crippen LogP contribution in [0.5, 0.6) is 0 Å². The van der Waals surface area contributed by atoms with E-state index in [9.17, 15) is 9.18 Å². The molecule has 0 fully saturated rings. The molecule has 0 aromatic heterocycles. The van der Waals surface area contributed by atoms with Crippen molar-refractivity contribution < 1.29 is 19.0 Å². The van der Waals surface area contributed by atoms with Crippen molar-refractivity contribution in [2.24, 2.45) is 0 Å². The number of carbonyl (C=O) groups is 1. The summed E-state index contributed by atoms with van der Waals surface area (Å²) in [5, 5.41) is 8.76. The van der Waals surface area contributed by atoms with Crippen LogP contribution in [0.3, 0.4) is 0 Å². The molecule has 0 bridgehead atoms. The van der Waals surface area contributed by atoms with E-state index in [0.717, 1.165) is 11.8 Å². The number of aliphatic hydroxyl groups is 1. The van der Waals surface area contributed by atoms with Crippen molar-refractivity contribution in [2.45, 2.75) is 11.5 Å². The molecule has 1 rings (SSSR count). The van der Waals surface area contributed by atoms with Crippen LogP contribution in [0.15, 0.2) is 23.1 Å². The maximum atomic E-state index is 13.3. The van der Waals surface area contributed by atoms with Gasteiger partial charge in [0, 0.05) is 4.90 Å². The van der Waals surface area contributed by atoms with E-state index in [1.165, 1.54) is 19.2 Å². The minimum absolute atomic E-state index is 0.0753. The number of hydrogen-bond donors (Lipinski definition) is 1. The highest BCUT2D eigenvalue weighted by atomic mass is 32.2. The van der Waals surface area contributed by atoms with Crippen molar-refractivity contribution in [3.05, 3.63) is 29.6 Å². The third-order valence-electron chi connectivity index (χ3n) is 1.75. The molecule has 3 nitrogen and oxygen atoms in total. The second kappa shape index (κ2) is 5.72. The highest BCUT2D eigenvalue weighted by Gasteiger charge is 2.07. The van der Waals surface area contributed by atoms with Gasteiger partial charge in [-0.2, -0.15) is 0 Å².